The third kappa shape index (κ3) is 2.25. The number of pyridine rings is 1. The van der Waals surface area contributed by atoms with E-state index in [1.807, 2.05) is 0 Å². The van der Waals surface area contributed by atoms with Gasteiger partial charge in [-0.25, -0.2) is 13.8 Å². The first-order chi connectivity index (χ1) is 7.51. The van der Waals surface area contributed by atoms with Crippen molar-refractivity contribution >= 4 is 16.8 Å². The van der Waals surface area contributed by atoms with E-state index in [4.69, 9.17) is 16.9 Å². The largest absolute Gasteiger partial charge is 0.481 e. The fraction of sp³-hybridized carbons (Fsp3) is 0.222. The molecule has 84 valence electrons. The number of carbonyl (C=O) groups excluding carboxylic acids is 1. The van der Waals surface area contributed by atoms with Crippen LogP contribution in [0.15, 0.2) is 6.07 Å². The number of nitriles is 1. The van der Waals surface area contributed by atoms with Crippen LogP contribution in [0.3, 0.4) is 0 Å². The Kier molecular flexibility index (Phi) is 3.74. The molecular formula is C9H5ClF2N2O2. The zero-order valence-electron chi connectivity index (χ0n) is 8.00. The van der Waals surface area contributed by atoms with Gasteiger partial charge in [0, 0.05) is 6.07 Å². The molecule has 0 N–H and O–H groups in total. The third-order valence-electron chi connectivity index (χ3n) is 1.76. The SMILES string of the molecule is COc1cc(C(=O)Cl)c(C#N)c(C(F)F)n1. The topological polar surface area (TPSA) is 63.0 Å². The molecule has 1 aromatic rings. The van der Waals surface area contributed by atoms with E-state index in [0.717, 1.165) is 6.07 Å². The molecule has 0 saturated carbocycles. The lowest BCUT2D eigenvalue weighted by atomic mass is 10.1. The quantitative estimate of drug-likeness (QED) is 0.768. The summed E-state index contributed by atoms with van der Waals surface area (Å²) >= 11 is 5.17. The lowest BCUT2D eigenvalue weighted by Gasteiger charge is -2.07. The fourth-order valence-corrected chi connectivity index (χ4v) is 1.22. The summed E-state index contributed by atoms with van der Waals surface area (Å²) in [6, 6.07) is 2.52. The fourth-order valence-electron chi connectivity index (χ4n) is 1.08. The highest BCUT2D eigenvalue weighted by Crippen LogP contribution is 2.27. The predicted molar refractivity (Wildman–Crippen MR) is 50.6 cm³/mol. The smallest absolute Gasteiger partial charge is 0.281 e. The first-order valence-electron chi connectivity index (χ1n) is 3.98. The van der Waals surface area contributed by atoms with Gasteiger partial charge < -0.3 is 4.74 Å². The first kappa shape index (κ1) is 12.3. The zero-order valence-corrected chi connectivity index (χ0v) is 8.76. The third-order valence-corrected chi connectivity index (χ3v) is 1.97. The summed E-state index contributed by atoms with van der Waals surface area (Å²) in [4.78, 5) is 14.4. The molecule has 1 heterocycles. The average Bonchev–Trinajstić information content (AvgIpc) is 2.26. The van der Waals surface area contributed by atoms with Gasteiger partial charge >= 0.3 is 0 Å². The highest BCUT2D eigenvalue weighted by molar-refractivity contribution is 6.68. The van der Waals surface area contributed by atoms with E-state index in [9.17, 15) is 13.6 Å². The Morgan fingerprint density at radius 1 is 1.69 bits per heavy atom. The van der Waals surface area contributed by atoms with Crippen LogP contribution in [0.1, 0.15) is 28.0 Å². The highest BCUT2D eigenvalue weighted by Gasteiger charge is 2.22. The first-order valence-corrected chi connectivity index (χ1v) is 4.36. The average molecular weight is 247 g/mol. The number of ether oxygens (including phenoxy) is 1. The summed E-state index contributed by atoms with van der Waals surface area (Å²) in [7, 11) is 1.20. The summed E-state index contributed by atoms with van der Waals surface area (Å²) < 4.78 is 29.7. The Labute approximate surface area is 94.4 Å². The Hall–Kier alpha value is -1.74. The molecule has 0 aliphatic carbocycles. The van der Waals surface area contributed by atoms with Crippen LogP contribution < -0.4 is 4.74 Å². The van der Waals surface area contributed by atoms with Gasteiger partial charge in [0.25, 0.3) is 11.7 Å². The Bertz CT molecular complexity index is 471. The Morgan fingerprint density at radius 3 is 2.69 bits per heavy atom. The Balaban J connectivity index is 3.54. The van der Waals surface area contributed by atoms with Gasteiger partial charge in [-0.05, 0) is 11.6 Å². The summed E-state index contributed by atoms with van der Waals surface area (Å²) in [5.41, 5.74) is -1.69. The molecule has 1 rings (SSSR count). The van der Waals surface area contributed by atoms with Crippen LogP contribution in [0.25, 0.3) is 0 Å². The number of alkyl halides is 2. The summed E-state index contributed by atoms with van der Waals surface area (Å²) in [6.45, 7) is 0. The molecule has 7 heteroatoms. The predicted octanol–water partition coefficient (Wildman–Crippen LogP) is 2.28. The number of hydrogen-bond donors (Lipinski definition) is 0. The minimum atomic E-state index is -2.99. The van der Waals surface area contributed by atoms with Crippen LogP contribution in [-0.2, 0) is 0 Å². The summed E-state index contributed by atoms with van der Waals surface area (Å²) in [5, 5.41) is 7.67. The maximum atomic E-state index is 12.6. The van der Waals surface area contributed by atoms with Crippen LogP contribution >= 0.6 is 11.6 Å². The van der Waals surface area contributed by atoms with E-state index in [1.165, 1.54) is 13.2 Å². The van der Waals surface area contributed by atoms with Gasteiger partial charge in [-0.15, -0.1) is 0 Å². The molecule has 0 unspecified atom stereocenters. The maximum Gasteiger partial charge on any atom is 0.281 e. The van der Waals surface area contributed by atoms with Crippen LogP contribution in [-0.4, -0.2) is 17.3 Å². The second-order valence-electron chi connectivity index (χ2n) is 2.66. The number of aromatic nitrogens is 1. The number of halogens is 3. The van der Waals surface area contributed by atoms with Crippen LogP contribution in [0, 0.1) is 11.3 Å². The van der Waals surface area contributed by atoms with Gasteiger partial charge in [-0.3, -0.25) is 4.79 Å². The minimum Gasteiger partial charge on any atom is -0.481 e. The normalized spacial score (nSPS) is 10.0. The van der Waals surface area contributed by atoms with Crippen molar-refractivity contribution in [3.05, 3.63) is 22.9 Å². The van der Waals surface area contributed by atoms with Crippen molar-refractivity contribution in [3.8, 4) is 11.9 Å². The molecule has 0 radical (unpaired) electrons. The lowest BCUT2D eigenvalue weighted by molar-refractivity contribution is 0.107. The van der Waals surface area contributed by atoms with Crippen LogP contribution in [0.4, 0.5) is 8.78 Å². The van der Waals surface area contributed by atoms with Gasteiger partial charge in [0.15, 0.2) is 0 Å². The minimum absolute atomic E-state index is 0.196. The lowest BCUT2D eigenvalue weighted by Crippen LogP contribution is -2.05. The van der Waals surface area contributed by atoms with E-state index >= 15 is 0 Å². The van der Waals surface area contributed by atoms with Crippen molar-refractivity contribution < 1.29 is 18.3 Å². The van der Waals surface area contributed by atoms with Crippen molar-refractivity contribution in [2.75, 3.05) is 7.11 Å². The van der Waals surface area contributed by atoms with Crippen molar-refractivity contribution in [2.45, 2.75) is 6.43 Å². The number of carbonyl (C=O) groups is 1. The van der Waals surface area contributed by atoms with Crippen molar-refractivity contribution in [3.63, 3.8) is 0 Å². The van der Waals surface area contributed by atoms with Gasteiger partial charge in [0.1, 0.15) is 11.8 Å². The van der Waals surface area contributed by atoms with Gasteiger partial charge in [0.2, 0.25) is 5.88 Å². The number of hydrogen-bond acceptors (Lipinski definition) is 4. The molecule has 16 heavy (non-hydrogen) atoms. The van der Waals surface area contributed by atoms with E-state index in [2.05, 4.69) is 9.72 Å². The second-order valence-corrected chi connectivity index (χ2v) is 3.00. The van der Waals surface area contributed by atoms with Crippen molar-refractivity contribution in [1.29, 1.82) is 5.26 Å². The monoisotopic (exact) mass is 246 g/mol. The van der Waals surface area contributed by atoms with E-state index < -0.39 is 22.9 Å². The molecule has 0 aromatic carbocycles. The van der Waals surface area contributed by atoms with Crippen molar-refractivity contribution in [1.82, 2.24) is 4.98 Å². The van der Waals surface area contributed by atoms with Gasteiger partial charge in [0.05, 0.1) is 18.2 Å². The summed E-state index contributed by atoms with van der Waals surface area (Å²) in [6.07, 6.45) is -2.99. The molecule has 4 nitrogen and oxygen atoms in total. The molecule has 0 saturated heterocycles. The molecular weight excluding hydrogens is 242 g/mol. The number of rotatable bonds is 3. The Morgan fingerprint density at radius 2 is 2.31 bits per heavy atom. The van der Waals surface area contributed by atoms with E-state index in [1.54, 1.807) is 0 Å². The molecule has 0 amide bonds. The van der Waals surface area contributed by atoms with Gasteiger partial charge in [-0.2, -0.15) is 5.26 Å². The molecule has 1 aromatic heterocycles. The summed E-state index contributed by atoms with van der Waals surface area (Å²) in [5.74, 6) is -0.196. The molecule has 0 spiro atoms. The molecule has 0 aliphatic heterocycles. The zero-order chi connectivity index (χ0) is 12.3. The van der Waals surface area contributed by atoms with Crippen molar-refractivity contribution in [2.24, 2.45) is 0 Å². The van der Waals surface area contributed by atoms with E-state index in [-0.39, 0.29) is 11.4 Å². The highest BCUT2D eigenvalue weighted by atomic mass is 35.5. The van der Waals surface area contributed by atoms with Gasteiger partial charge in [-0.1, -0.05) is 0 Å². The second kappa shape index (κ2) is 4.86. The maximum absolute atomic E-state index is 12.6. The molecule has 0 atom stereocenters. The van der Waals surface area contributed by atoms with E-state index in [0.29, 0.717) is 0 Å². The molecule has 0 fully saturated rings. The van der Waals surface area contributed by atoms with Crippen LogP contribution in [0.5, 0.6) is 5.88 Å². The number of nitrogens with zero attached hydrogens (tertiary/aromatic N) is 2. The standard InChI is InChI=1S/C9H5ClF2N2O2/c1-16-6-2-4(8(10)15)5(3-13)7(14-6)9(11)12/h2,9H,1H3. The van der Waals surface area contributed by atoms with Crippen LogP contribution in [0.2, 0.25) is 0 Å². The molecule has 0 bridgehead atoms. The number of methoxy groups -OCH3 is 1. The molecule has 0 aliphatic rings.